The Balaban J connectivity index is 1.08. The number of aliphatic hydroxyl groups is 1. The zero-order chi connectivity index (χ0) is 64.9. The summed E-state index contributed by atoms with van der Waals surface area (Å²) in [4.78, 5) is 112. The van der Waals surface area contributed by atoms with E-state index in [-0.39, 0.29) is 73.0 Å². The molecule has 1 saturated heterocycles. The number of carbonyl (C=O) groups excluding carboxylic acids is 6. The van der Waals surface area contributed by atoms with Crippen LogP contribution in [0.1, 0.15) is 82.3 Å². The molecule has 2 aliphatic rings. The Bertz CT molecular complexity index is 3690. The lowest BCUT2D eigenvalue weighted by molar-refractivity contribution is -0.169. The van der Waals surface area contributed by atoms with Crippen LogP contribution < -0.4 is 35.0 Å². The number of ether oxygens (including phenoxy) is 8. The standard InChI is InChI=1S/C64H73N7O17S2/c1-63(2,3)86-51(73)29-49(59(77)84-34-39-14-21-44(81-9)22-15-39)88-68-52(47-37-90-61(65-47)67-62(79)87-64(4,5)6)56(75)66-53-57(76)71-54(60(78)85-35-40-16-23-45(82-10)24-17-40)42(36-89-58(53)71)31-70(26-11-27-72)30-41-18-25-48-46(28-41)55(74)50(32-69(48)7)83-33-38-12-19-43(80-8)20-13-38/h12-25,28,32,37,49,53,58,72H,11,26-27,29-31,33-36H2,1-10H3,(H,66,75)(H,65,67,79)/b68-52-/t49-,53?,58?/m0/s1. The number of amides is 3. The minimum atomic E-state index is -1.78. The quantitative estimate of drug-likeness (QED) is 0.0146. The van der Waals surface area contributed by atoms with Gasteiger partial charge in [-0.05, 0) is 124 Å². The summed E-state index contributed by atoms with van der Waals surface area (Å²) in [6.07, 6.45) is -1.35. The summed E-state index contributed by atoms with van der Waals surface area (Å²) in [5, 5.41) is 20.3. The average Bonchev–Trinajstić information content (AvgIpc) is 0.778. The predicted octanol–water partition coefficient (Wildman–Crippen LogP) is 7.79. The lowest BCUT2D eigenvalue weighted by Crippen LogP contribution is -2.71. The third kappa shape index (κ3) is 17.9. The van der Waals surface area contributed by atoms with Crippen LogP contribution in [0.25, 0.3) is 10.9 Å². The van der Waals surface area contributed by atoms with E-state index in [1.54, 1.807) is 109 Å². The van der Waals surface area contributed by atoms with Crippen molar-refractivity contribution in [2.24, 2.45) is 12.2 Å². The van der Waals surface area contributed by atoms with E-state index in [0.29, 0.717) is 57.8 Å². The number of fused-ring (bicyclic) bond motifs is 2. The van der Waals surface area contributed by atoms with Crippen LogP contribution in [0, 0.1) is 0 Å². The van der Waals surface area contributed by atoms with E-state index in [2.05, 4.69) is 20.8 Å². The average molecular weight is 1280 g/mol. The van der Waals surface area contributed by atoms with Crippen molar-refractivity contribution in [3.8, 4) is 23.0 Å². The maximum absolute atomic E-state index is 14.8. The maximum Gasteiger partial charge on any atom is 0.413 e. The summed E-state index contributed by atoms with van der Waals surface area (Å²) < 4.78 is 46.1. The maximum atomic E-state index is 14.8. The number of thiazole rings is 1. The number of methoxy groups -OCH3 is 3. The molecule has 4 heterocycles. The fourth-order valence-corrected chi connectivity index (χ4v) is 11.4. The number of aliphatic hydroxyl groups excluding tert-OH is 1. The van der Waals surface area contributed by atoms with Crippen molar-refractivity contribution >= 4 is 80.7 Å². The van der Waals surface area contributed by atoms with Crippen LogP contribution in [0.2, 0.25) is 0 Å². The third-order valence-electron chi connectivity index (χ3n) is 13.7. The SMILES string of the molecule is COc1ccc(COC(=O)C2=C(CN(CCCO)Cc3ccc4c(c3)c(=O)c(OCc3ccc(OC)cc3)cn4C)CSC3C(NC(=O)/C(=N\O[C@@H](CC(=O)OC(C)(C)C)C(=O)OCc4ccc(OC)cc4)c4csc(NC(=O)OC(C)(C)C)n4)C(=O)N23)cc1. The molecule has 1 fully saturated rings. The van der Waals surface area contributed by atoms with Crippen LogP contribution in [-0.4, -0.2) is 141 Å². The largest absolute Gasteiger partial charge is 0.497 e. The molecule has 90 heavy (non-hydrogen) atoms. The van der Waals surface area contributed by atoms with E-state index >= 15 is 0 Å². The first-order valence-electron chi connectivity index (χ1n) is 28.6. The topological polar surface area (TPSA) is 284 Å². The smallest absolute Gasteiger partial charge is 0.413 e. The Labute approximate surface area is 528 Å². The number of carbonyl (C=O) groups is 6. The first kappa shape index (κ1) is 67.0. The highest BCUT2D eigenvalue weighted by Gasteiger charge is 2.55. The van der Waals surface area contributed by atoms with Gasteiger partial charge in [0.2, 0.25) is 11.5 Å². The van der Waals surface area contributed by atoms with Crippen molar-refractivity contribution < 1.29 is 76.6 Å². The van der Waals surface area contributed by atoms with Crippen molar-refractivity contribution in [2.75, 3.05) is 52.1 Å². The number of hydrogen-bond donors (Lipinski definition) is 3. The molecule has 478 valence electrons. The minimum Gasteiger partial charge on any atom is -0.497 e. The van der Waals surface area contributed by atoms with Gasteiger partial charge in [-0.2, -0.15) is 0 Å². The highest BCUT2D eigenvalue weighted by atomic mass is 32.2. The molecule has 4 aromatic carbocycles. The molecule has 2 aromatic heterocycles. The Morgan fingerprint density at radius 2 is 1.37 bits per heavy atom. The van der Waals surface area contributed by atoms with Gasteiger partial charge in [0.25, 0.3) is 11.8 Å². The second kappa shape index (κ2) is 30.0. The normalized spacial score (nSPS) is 15.3. The van der Waals surface area contributed by atoms with Gasteiger partial charge in [-0.15, -0.1) is 23.1 Å². The fraction of sp³-hybridized carbons (Fsp3) is 0.391. The van der Waals surface area contributed by atoms with E-state index in [1.165, 1.54) is 36.3 Å². The van der Waals surface area contributed by atoms with Gasteiger partial charge in [0.1, 0.15) is 71.1 Å². The molecule has 3 N–H and O–H groups in total. The molecule has 0 radical (unpaired) electrons. The number of hydrogen-bond acceptors (Lipinski definition) is 22. The van der Waals surface area contributed by atoms with Gasteiger partial charge in [-0.25, -0.2) is 19.4 Å². The Morgan fingerprint density at radius 3 is 1.96 bits per heavy atom. The first-order chi connectivity index (χ1) is 42.9. The van der Waals surface area contributed by atoms with E-state index in [4.69, 9.17) is 42.7 Å². The predicted molar refractivity (Wildman–Crippen MR) is 335 cm³/mol. The molecule has 6 aromatic rings. The van der Waals surface area contributed by atoms with Gasteiger partial charge in [0.15, 0.2) is 16.6 Å². The number of aryl methyl sites for hydroxylation is 1. The van der Waals surface area contributed by atoms with Crippen LogP contribution in [0.15, 0.2) is 124 Å². The first-order valence-corrected chi connectivity index (χ1v) is 30.6. The number of thioether (sulfide) groups is 1. The molecule has 0 spiro atoms. The van der Waals surface area contributed by atoms with Crippen molar-refractivity contribution in [3.63, 3.8) is 0 Å². The van der Waals surface area contributed by atoms with Crippen LogP contribution in [0.4, 0.5) is 9.93 Å². The number of anilines is 1. The summed E-state index contributed by atoms with van der Waals surface area (Å²) in [6.45, 7) is 10.2. The molecule has 26 heteroatoms. The van der Waals surface area contributed by atoms with Gasteiger partial charge in [-0.3, -0.25) is 34.3 Å². The number of nitrogens with zero attached hydrogens (tertiary/aromatic N) is 5. The molecule has 0 saturated carbocycles. The van der Waals surface area contributed by atoms with Crippen LogP contribution >= 0.6 is 23.1 Å². The van der Waals surface area contributed by atoms with Gasteiger partial charge < -0.3 is 57.7 Å². The summed E-state index contributed by atoms with van der Waals surface area (Å²) in [6, 6.07) is 25.2. The monoisotopic (exact) mass is 1280 g/mol. The Hall–Kier alpha value is -8.98. The van der Waals surface area contributed by atoms with Gasteiger partial charge in [-0.1, -0.05) is 47.6 Å². The second-order valence-electron chi connectivity index (χ2n) is 22.9. The molecule has 0 aliphatic carbocycles. The summed E-state index contributed by atoms with van der Waals surface area (Å²) in [5.74, 6) is -2.27. The van der Waals surface area contributed by atoms with Gasteiger partial charge in [0.05, 0.1) is 39.5 Å². The van der Waals surface area contributed by atoms with Crippen LogP contribution in [-0.2, 0) is 81.2 Å². The molecular weight excluding hydrogens is 1200 g/mol. The number of pyridine rings is 1. The van der Waals surface area contributed by atoms with Crippen LogP contribution in [0.5, 0.6) is 23.0 Å². The zero-order valence-corrected chi connectivity index (χ0v) is 53.3. The number of aromatic nitrogens is 2. The summed E-state index contributed by atoms with van der Waals surface area (Å²) >= 11 is 2.16. The number of nitrogens with one attached hydrogen (secondary N) is 2. The highest BCUT2D eigenvalue weighted by molar-refractivity contribution is 8.00. The molecule has 8 rings (SSSR count). The van der Waals surface area contributed by atoms with E-state index in [9.17, 15) is 38.7 Å². The number of β-lactam (4-membered cyclic amide) rings is 1. The highest BCUT2D eigenvalue weighted by Crippen LogP contribution is 2.41. The van der Waals surface area contributed by atoms with Crippen molar-refractivity contribution in [2.45, 2.75) is 109 Å². The molecular formula is C64H73N7O17S2. The van der Waals surface area contributed by atoms with Crippen molar-refractivity contribution in [1.82, 2.24) is 24.7 Å². The van der Waals surface area contributed by atoms with Crippen molar-refractivity contribution in [1.29, 1.82) is 0 Å². The minimum absolute atomic E-state index is 0.0218. The second-order valence-corrected chi connectivity index (χ2v) is 24.9. The summed E-state index contributed by atoms with van der Waals surface area (Å²) in [5.41, 5.74) is 1.02. The third-order valence-corrected chi connectivity index (χ3v) is 15.8. The zero-order valence-electron chi connectivity index (χ0n) is 51.6. The fourth-order valence-electron chi connectivity index (χ4n) is 9.39. The van der Waals surface area contributed by atoms with Crippen molar-refractivity contribution in [3.05, 3.63) is 152 Å². The number of rotatable bonds is 27. The molecule has 0 bridgehead atoms. The molecule has 3 atom stereocenters. The Morgan fingerprint density at radius 1 is 0.778 bits per heavy atom. The lowest BCUT2D eigenvalue weighted by atomic mass is 10.0. The Kier molecular flexibility index (Phi) is 22.3. The van der Waals surface area contributed by atoms with Gasteiger partial charge >= 0.3 is 24.0 Å². The van der Waals surface area contributed by atoms with Crippen LogP contribution in [0.3, 0.4) is 0 Å². The molecule has 3 amide bonds. The number of esters is 3. The van der Waals surface area contributed by atoms with Gasteiger partial charge in [0, 0.05) is 49.8 Å². The van der Waals surface area contributed by atoms with E-state index in [1.807, 2.05) is 52.9 Å². The van der Waals surface area contributed by atoms with E-state index < -0.39 is 76.7 Å². The lowest BCUT2D eigenvalue weighted by Gasteiger charge is -2.50. The summed E-state index contributed by atoms with van der Waals surface area (Å²) in [7, 11) is 6.44. The number of oxime groups is 1. The number of benzene rings is 4. The van der Waals surface area contributed by atoms with E-state index in [0.717, 1.165) is 22.5 Å². The molecule has 24 nitrogen and oxygen atoms in total. The molecule has 2 aliphatic heterocycles. The molecule has 2 unspecified atom stereocenters.